The molecule has 0 spiro atoms. The number of hydrogen-bond acceptors (Lipinski definition) is 2. The van der Waals surface area contributed by atoms with Crippen LogP contribution in [0.1, 0.15) is 25.1 Å². The van der Waals surface area contributed by atoms with Gasteiger partial charge >= 0.3 is 0 Å². The minimum atomic E-state index is 0.754. The fourth-order valence-corrected chi connectivity index (χ4v) is 11.6. The lowest BCUT2D eigenvalue weighted by Crippen LogP contribution is -2.11. The smallest absolute Gasteiger partial charge is 0.0571 e. The van der Waals surface area contributed by atoms with Crippen LogP contribution in [0.5, 0.6) is 0 Å². The lowest BCUT2D eigenvalue weighted by Gasteiger charge is -2.15. The summed E-state index contributed by atoms with van der Waals surface area (Å²) < 4.78 is 9.61. The Kier molecular flexibility index (Phi) is 9.61. The number of nitrogens with one attached hydrogen (secondary N) is 1. The highest BCUT2D eigenvalue weighted by molar-refractivity contribution is 6.12. The maximum atomic E-state index is 4.65. The third-order valence-corrected chi connectivity index (χ3v) is 14.7. The van der Waals surface area contributed by atoms with E-state index in [4.69, 9.17) is 0 Å². The van der Waals surface area contributed by atoms with Crippen LogP contribution in [0.2, 0.25) is 0 Å². The quantitative estimate of drug-likeness (QED) is 0.181. The molecule has 0 saturated heterocycles. The van der Waals surface area contributed by atoms with Crippen LogP contribution >= 0.6 is 0 Å². The van der Waals surface area contributed by atoms with Crippen LogP contribution < -0.4 is 5.32 Å². The van der Waals surface area contributed by atoms with Gasteiger partial charge in [0, 0.05) is 85.0 Å². The van der Waals surface area contributed by atoms with Crippen LogP contribution in [0, 0.1) is 0 Å². The van der Waals surface area contributed by atoms with Crippen molar-refractivity contribution >= 4 is 82.4 Å². The normalized spacial score (nSPS) is 12.3. The molecule has 5 aromatic heterocycles. The highest BCUT2D eigenvalue weighted by atomic mass is 15.0. The standard InChI is InChI=1S/C64H42N6.C2H6/c1-5-22-57-49(18-1)50-19-2-6-23-58(50)67(57)45-14-9-12-41(34-45)43-26-28-61-53(36-43)55-39-65-32-30-63(55)69(61)47-16-11-17-48(38-47)70-62-29-27-44(37-54(62)56-40-66-33-31-64(56)70)42-13-10-15-46(35-42)68-59-24-7-3-20-51(59)52-21-4-8-25-60(52)68;1-2/h1-39,66H,40H2;1-2H3. The van der Waals surface area contributed by atoms with Gasteiger partial charge in [0.25, 0.3) is 0 Å². The van der Waals surface area contributed by atoms with Crippen molar-refractivity contribution in [1.29, 1.82) is 0 Å². The summed E-state index contributed by atoms with van der Waals surface area (Å²) in [6, 6.07) is 77.7. The van der Waals surface area contributed by atoms with E-state index < -0.39 is 0 Å². The van der Waals surface area contributed by atoms with Crippen molar-refractivity contribution in [1.82, 2.24) is 28.6 Å². The maximum Gasteiger partial charge on any atom is 0.0571 e. The fourth-order valence-electron chi connectivity index (χ4n) is 11.6. The highest BCUT2D eigenvalue weighted by Gasteiger charge is 2.22. The minimum absolute atomic E-state index is 0.754. The third-order valence-electron chi connectivity index (χ3n) is 14.7. The second-order valence-electron chi connectivity index (χ2n) is 18.5. The van der Waals surface area contributed by atoms with Gasteiger partial charge in [0.05, 0.1) is 44.3 Å². The van der Waals surface area contributed by atoms with E-state index in [2.05, 4.69) is 253 Å². The second-order valence-corrected chi connectivity index (χ2v) is 18.5. The first-order valence-electron chi connectivity index (χ1n) is 25.0. The third kappa shape index (κ3) is 6.32. The monoisotopic (exact) mass is 924 g/mol. The first-order chi connectivity index (χ1) is 35.7. The number of hydrogen-bond donors (Lipinski definition) is 1. The van der Waals surface area contributed by atoms with Crippen LogP contribution in [0.25, 0.3) is 127 Å². The molecule has 72 heavy (non-hydrogen) atoms. The second kappa shape index (κ2) is 16.6. The van der Waals surface area contributed by atoms with E-state index in [1.165, 1.54) is 87.8 Å². The predicted octanol–water partition coefficient (Wildman–Crippen LogP) is 16.8. The van der Waals surface area contributed by atoms with E-state index in [9.17, 15) is 0 Å². The van der Waals surface area contributed by atoms with Gasteiger partial charge < -0.3 is 23.6 Å². The maximum absolute atomic E-state index is 4.65. The Hall–Kier alpha value is -9.39. The van der Waals surface area contributed by atoms with Crippen LogP contribution in [-0.2, 0) is 6.54 Å². The number of para-hydroxylation sites is 4. The fraction of sp³-hybridized carbons (Fsp3) is 0.0455. The molecule has 14 aromatic rings. The molecule has 0 saturated carbocycles. The molecule has 0 aliphatic carbocycles. The molecule has 1 N–H and O–H groups in total. The SMILES string of the molecule is C1=Cc2c(c3cc(-c4cccc(-n5c6ccccc6c6ccccc65)c4)ccc3n2-c2cccc(-n3c4ccncc4c4cc(-c5cccc(-n6c7ccccc7c7ccccc76)c5)ccc43)c2)CN1.CC. The number of aromatic nitrogens is 5. The Morgan fingerprint density at radius 3 is 1.31 bits per heavy atom. The Bertz CT molecular complexity index is 4390. The largest absolute Gasteiger partial charge is 0.387 e. The zero-order chi connectivity index (χ0) is 47.9. The van der Waals surface area contributed by atoms with Crippen LogP contribution in [0.15, 0.2) is 231 Å². The molecule has 6 heteroatoms. The van der Waals surface area contributed by atoms with Gasteiger partial charge in [-0.25, -0.2) is 0 Å². The minimum Gasteiger partial charge on any atom is -0.387 e. The van der Waals surface area contributed by atoms with E-state index in [0.717, 1.165) is 51.3 Å². The highest BCUT2D eigenvalue weighted by Crippen LogP contribution is 2.40. The predicted molar refractivity (Wildman–Crippen MR) is 302 cm³/mol. The Labute approximate surface area is 416 Å². The molecule has 0 amide bonds. The molecule has 1 aliphatic rings. The lowest BCUT2D eigenvalue weighted by molar-refractivity contribution is 0.855. The topological polar surface area (TPSA) is 44.6 Å². The molecule has 0 bridgehead atoms. The zero-order valence-electron chi connectivity index (χ0n) is 40.0. The summed E-state index contributed by atoms with van der Waals surface area (Å²) in [5, 5.41) is 12.1. The summed E-state index contributed by atoms with van der Waals surface area (Å²) in [5.74, 6) is 0. The van der Waals surface area contributed by atoms with Crippen molar-refractivity contribution in [3.8, 4) is 45.0 Å². The molecule has 15 rings (SSSR count). The molecule has 6 nitrogen and oxygen atoms in total. The van der Waals surface area contributed by atoms with Crippen molar-refractivity contribution in [2.75, 3.05) is 0 Å². The van der Waals surface area contributed by atoms with Gasteiger partial charge in [-0.1, -0.05) is 129 Å². The number of fused-ring (bicyclic) bond motifs is 12. The van der Waals surface area contributed by atoms with Crippen molar-refractivity contribution in [3.05, 3.63) is 242 Å². The van der Waals surface area contributed by atoms with Gasteiger partial charge in [0.15, 0.2) is 0 Å². The van der Waals surface area contributed by atoms with E-state index in [1.54, 1.807) is 0 Å². The summed E-state index contributed by atoms with van der Waals surface area (Å²) in [6.07, 6.45) is 8.22. The molecule has 0 unspecified atom stereocenters. The number of rotatable bonds is 6. The van der Waals surface area contributed by atoms with Gasteiger partial charge in [-0.15, -0.1) is 0 Å². The summed E-state index contributed by atoms with van der Waals surface area (Å²) in [6.45, 7) is 4.75. The van der Waals surface area contributed by atoms with E-state index in [1.807, 2.05) is 26.2 Å². The van der Waals surface area contributed by atoms with E-state index in [0.29, 0.717) is 0 Å². The van der Waals surface area contributed by atoms with E-state index in [-0.39, 0.29) is 0 Å². The first-order valence-corrected chi connectivity index (χ1v) is 25.0. The summed E-state index contributed by atoms with van der Waals surface area (Å²) >= 11 is 0. The number of nitrogens with zero attached hydrogens (tertiary/aromatic N) is 5. The number of benzene rings is 9. The molecule has 6 heterocycles. The Morgan fingerprint density at radius 1 is 0.347 bits per heavy atom. The lowest BCUT2D eigenvalue weighted by atomic mass is 10.0. The van der Waals surface area contributed by atoms with Gasteiger partial charge in [-0.05, 0) is 132 Å². The van der Waals surface area contributed by atoms with Gasteiger partial charge in [-0.3, -0.25) is 4.98 Å². The Balaban J connectivity index is 0.00000238. The van der Waals surface area contributed by atoms with Crippen molar-refractivity contribution < 1.29 is 0 Å². The first kappa shape index (κ1) is 41.6. The molecule has 0 atom stereocenters. The molecule has 9 aromatic carbocycles. The molecule has 0 fully saturated rings. The number of pyridine rings is 1. The molecular formula is C66H48N6. The van der Waals surface area contributed by atoms with Crippen LogP contribution in [0.3, 0.4) is 0 Å². The van der Waals surface area contributed by atoms with Crippen LogP contribution in [0.4, 0.5) is 0 Å². The van der Waals surface area contributed by atoms with Crippen molar-refractivity contribution in [2.24, 2.45) is 0 Å². The average molecular weight is 925 g/mol. The summed E-state index contributed by atoms with van der Waals surface area (Å²) in [5.41, 5.74) is 20.0. The van der Waals surface area contributed by atoms with Gasteiger partial charge in [-0.2, -0.15) is 0 Å². The van der Waals surface area contributed by atoms with Crippen LogP contribution in [-0.4, -0.2) is 23.3 Å². The van der Waals surface area contributed by atoms with Crippen molar-refractivity contribution in [3.63, 3.8) is 0 Å². The van der Waals surface area contributed by atoms with E-state index >= 15 is 0 Å². The summed E-state index contributed by atoms with van der Waals surface area (Å²) in [7, 11) is 0. The zero-order valence-corrected chi connectivity index (χ0v) is 40.0. The Morgan fingerprint density at radius 2 is 0.764 bits per heavy atom. The van der Waals surface area contributed by atoms with Gasteiger partial charge in [0.2, 0.25) is 0 Å². The van der Waals surface area contributed by atoms with Gasteiger partial charge in [0.1, 0.15) is 0 Å². The molecule has 0 radical (unpaired) electrons. The van der Waals surface area contributed by atoms with Crippen molar-refractivity contribution in [2.45, 2.75) is 20.4 Å². The summed E-state index contributed by atoms with van der Waals surface area (Å²) in [4.78, 5) is 4.65. The molecule has 1 aliphatic heterocycles. The molecule has 342 valence electrons. The molecular weight excluding hydrogens is 877 g/mol. The average Bonchev–Trinajstić information content (AvgIpc) is 4.18.